The highest BCUT2D eigenvalue weighted by molar-refractivity contribution is 7.47. The second kappa shape index (κ2) is 63.8. The van der Waals surface area contributed by atoms with E-state index >= 15 is 0 Å². The average Bonchev–Trinajstić information content (AvgIpc) is 3.73. The van der Waals surface area contributed by atoms with Gasteiger partial charge in [0.15, 0.2) is 6.10 Å². The van der Waals surface area contributed by atoms with E-state index in [0.717, 1.165) is 128 Å². The van der Waals surface area contributed by atoms with E-state index in [9.17, 15) is 43.5 Å². The van der Waals surface area contributed by atoms with Gasteiger partial charge in [-0.05, 0) is 135 Å². The maximum Gasteiger partial charge on any atom is 0.472 e. The molecule has 0 aliphatic carbocycles. The van der Waals surface area contributed by atoms with E-state index < -0.39 is 91.5 Å². The van der Waals surface area contributed by atoms with Gasteiger partial charge in [-0.1, -0.05) is 219 Å². The van der Waals surface area contributed by atoms with Crippen molar-refractivity contribution in [1.82, 2.24) is 0 Å². The number of aliphatic hydroxyl groups is 2. The number of phosphoric ester groups is 2. The van der Waals surface area contributed by atoms with Crippen molar-refractivity contribution in [2.45, 2.75) is 257 Å². The van der Waals surface area contributed by atoms with Crippen molar-refractivity contribution >= 4 is 33.6 Å². The van der Waals surface area contributed by atoms with Crippen LogP contribution in [0.4, 0.5) is 0 Å². The zero-order valence-electron chi connectivity index (χ0n) is 54.8. The largest absolute Gasteiger partial charge is 0.472 e. The van der Waals surface area contributed by atoms with Gasteiger partial charge in [-0.25, -0.2) is 9.13 Å². The van der Waals surface area contributed by atoms with Crippen LogP contribution in [0.25, 0.3) is 0 Å². The molecule has 0 rings (SSSR count). The van der Waals surface area contributed by atoms with Gasteiger partial charge < -0.3 is 34.2 Å². The van der Waals surface area contributed by atoms with E-state index in [-0.39, 0.29) is 19.3 Å². The predicted octanol–water partition coefficient (Wildman–Crippen LogP) is 18.4. The standard InChI is InChI=1S/C71H118O16P2/c1-4-7-10-13-16-19-22-25-28-30-31-32-33-35-38-39-42-45-48-51-54-57-69(74)81-60-66(72)61-83-88(77,78)84-62-67(73)63-85-89(79,80)86-65-68(87-71(76)59-56-53-50-47-44-41-36-27-24-21-18-15-12-9-6-3)64-82-70(75)58-55-52-49-46-43-40-37-34-29-26-23-20-17-14-11-8-5-2/h8,11,16-21,25-29,31-32,35-38,40,46,49,66-68,72-73H,4-7,9-10,12-15,22-24,30,33-34,39,41-45,47-48,50-65H2,1-3H3,(H,77,78)(H,79,80)/b11-8-,19-16-,20-17-,21-18-,28-25-,29-26-,32-31-,36-27-,38-35-,40-37-,49-46-. The predicted molar refractivity (Wildman–Crippen MR) is 362 cm³/mol. The van der Waals surface area contributed by atoms with Crippen LogP contribution < -0.4 is 0 Å². The van der Waals surface area contributed by atoms with Gasteiger partial charge in [0.25, 0.3) is 0 Å². The lowest BCUT2D eigenvalue weighted by Gasteiger charge is -2.21. The first kappa shape index (κ1) is 84.7. The number of aliphatic hydroxyl groups excluding tert-OH is 2. The van der Waals surface area contributed by atoms with Crippen molar-refractivity contribution < 1.29 is 75.8 Å². The molecule has 0 spiro atoms. The summed E-state index contributed by atoms with van der Waals surface area (Å²) in [6.45, 7) is 2.36. The number of carbonyl (C=O) groups is 3. The number of hydrogen-bond acceptors (Lipinski definition) is 14. The van der Waals surface area contributed by atoms with Crippen molar-refractivity contribution in [3.63, 3.8) is 0 Å². The third kappa shape index (κ3) is 65.0. The summed E-state index contributed by atoms with van der Waals surface area (Å²) in [6, 6.07) is 0. The molecule has 5 atom stereocenters. The topological polar surface area (TPSA) is 231 Å². The molecule has 89 heavy (non-hydrogen) atoms. The number of carbonyl (C=O) groups excluding carboxylic acids is 3. The fourth-order valence-electron chi connectivity index (χ4n) is 8.21. The van der Waals surface area contributed by atoms with Gasteiger partial charge in [0, 0.05) is 19.3 Å². The molecule has 0 aliphatic rings. The number of unbranched alkanes of at least 4 members (excludes halogenated alkanes) is 17. The fourth-order valence-corrected chi connectivity index (χ4v) is 9.79. The quantitative estimate of drug-likeness (QED) is 0.0146. The first-order valence-electron chi connectivity index (χ1n) is 33.5. The average molecular weight is 1290 g/mol. The van der Waals surface area contributed by atoms with Crippen molar-refractivity contribution in [2.75, 3.05) is 39.6 Å². The molecule has 0 aromatic carbocycles. The Morgan fingerprint density at radius 1 is 0.326 bits per heavy atom. The number of allylic oxidation sites excluding steroid dienone is 22. The first-order chi connectivity index (χ1) is 43.2. The highest BCUT2D eigenvalue weighted by Gasteiger charge is 2.29. The van der Waals surface area contributed by atoms with E-state index in [2.05, 4.69) is 142 Å². The molecule has 0 amide bonds. The molecule has 0 aromatic rings. The van der Waals surface area contributed by atoms with Crippen LogP contribution >= 0.6 is 15.6 Å². The Balaban J connectivity index is 4.74. The number of hydrogen-bond donors (Lipinski definition) is 4. The summed E-state index contributed by atoms with van der Waals surface area (Å²) in [5.41, 5.74) is 0. The van der Waals surface area contributed by atoms with Crippen LogP contribution in [-0.4, -0.2) is 95.9 Å². The van der Waals surface area contributed by atoms with Crippen LogP contribution in [0, 0.1) is 0 Å². The van der Waals surface area contributed by atoms with Gasteiger partial charge in [-0.3, -0.25) is 32.5 Å². The minimum Gasteiger partial charge on any atom is -0.463 e. The maximum absolute atomic E-state index is 12.9. The molecule has 0 saturated carbocycles. The van der Waals surface area contributed by atoms with Gasteiger partial charge in [-0.15, -0.1) is 0 Å². The van der Waals surface area contributed by atoms with Crippen molar-refractivity contribution in [3.8, 4) is 0 Å². The zero-order valence-corrected chi connectivity index (χ0v) is 56.6. The monoisotopic (exact) mass is 1290 g/mol. The lowest BCUT2D eigenvalue weighted by atomic mass is 10.1. The summed E-state index contributed by atoms with van der Waals surface area (Å²) >= 11 is 0. The minimum atomic E-state index is -4.94. The molecule has 16 nitrogen and oxygen atoms in total. The summed E-state index contributed by atoms with van der Waals surface area (Å²) < 4.78 is 60.7. The van der Waals surface area contributed by atoms with Crippen LogP contribution in [0.15, 0.2) is 134 Å². The van der Waals surface area contributed by atoms with Gasteiger partial charge >= 0.3 is 33.6 Å². The Hall–Kier alpha value is -4.31. The summed E-state index contributed by atoms with van der Waals surface area (Å²) in [4.78, 5) is 58.3. The van der Waals surface area contributed by atoms with E-state index in [1.165, 1.54) is 44.9 Å². The van der Waals surface area contributed by atoms with E-state index in [1.807, 2.05) is 12.2 Å². The number of phosphoric acid groups is 2. The summed E-state index contributed by atoms with van der Waals surface area (Å²) in [6.07, 6.45) is 73.7. The van der Waals surface area contributed by atoms with Crippen molar-refractivity contribution in [3.05, 3.63) is 134 Å². The van der Waals surface area contributed by atoms with E-state index in [1.54, 1.807) is 0 Å². The maximum atomic E-state index is 12.9. The van der Waals surface area contributed by atoms with Crippen LogP contribution in [0.1, 0.15) is 239 Å². The van der Waals surface area contributed by atoms with Gasteiger partial charge in [0.05, 0.1) is 26.4 Å². The smallest absolute Gasteiger partial charge is 0.463 e. The van der Waals surface area contributed by atoms with Crippen LogP contribution in [-0.2, 0) is 55.8 Å². The lowest BCUT2D eigenvalue weighted by molar-refractivity contribution is -0.161. The second-order valence-corrected chi connectivity index (χ2v) is 24.8. The number of ether oxygens (including phenoxy) is 3. The third-order valence-electron chi connectivity index (χ3n) is 13.3. The Morgan fingerprint density at radius 3 is 0.989 bits per heavy atom. The molecule has 18 heteroatoms. The molecule has 0 saturated heterocycles. The zero-order chi connectivity index (χ0) is 65.3. The Labute approximate surface area is 537 Å². The Morgan fingerprint density at radius 2 is 0.607 bits per heavy atom. The molecule has 0 fully saturated rings. The van der Waals surface area contributed by atoms with Gasteiger partial charge in [-0.2, -0.15) is 0 Å². The third-order valence-corrected chi connectivity index (χ3v) is 15.2. The highest BCUT2D eigenvalue weighted by atomic mass is 31.2. The van der Waals surface area contributed by atoms with Gasteiger partial charge in [0.1, 0.15) is 25.4 Å². The molecule has 0 heterocycles. The normalized spacial score (nSPS) is 15.1. The van der Waals surface area contributed by atoms with E-state index in [0.29, 0.717) is 25.7 Å². The number of esters is 3. The summed E-state index contributed by atoms with van der Waals surface area (Å²) in [5.74, 6) is -1.69. The SMILES string of the molecule is CC/C=C\C/C=C\C/C=C\C/C=C\C/C=C\CCCC(=O)OCC(COP(=O)(O)OCC(O)COP(=O)(O)OCC(O)COC(=O)CCCCCCC/C=C\C/C=C\C/C=C\C/C=C\CCCCC)OC(=O)CCCCCCC/C=C\C/C=C\CCCCC. The first-order valence-corrected chi connectivity index (χ1v) is 36.5. The molecule has 0 radical (unpaired) electrons. The molecule has 0 bridgehead atoms. The molecular weight excluding hydrogens is 1170 g/mol. The summed E-state index contributed by atoms with van der Waals surface area (Å²) in [5, 5.41) is 20.5. The molecular formula is C71H118O16P2. The Kier molecular flexibility index (Phi) is 60.7. The lowest BCUT2D eigenvalue weighted by Crippen LogP contribution is -2.30. The van der Waals surface area contributed by atoms with Crippen LogP contribution in [0.2, 0.25) is 0 Å². The highest BCUT2D eigenvalue weighted by Crippen LogP contribution is 2.45. The van der Waals surface area contributed by atoms with Crippen molar-refractivity contribution in [1.29, 1.82) is 0 Å². The summed E-state index contributed by atoms with van der Waals surface area (Å²) in [7, 11) is -9.81. The van der Waals surface area contributed by atoms with Crippen LogP contribution in [0.3, 0.4) is 0 Å². The fraction of sp³-hybridized carbons (Fsp3) is 0.648. The van der Waals surface area contributed by atoms with Crippen LogP contribution in [0.5, 0.6) is 0 Å². The molecule has 0 aromatic heterocycles. The second-order valence-electron chi connectivity index (χ2n) is 21.9. The minimum absolute atomic E-state index is 0.0716. The van der Waals surface area contributed by atoms with Crippen molar-refractivity contribution in [2.24, 2.45) is 0 Å². The molecule has 5 unspecified atom stereocenters. The molecule has 508 valence electrons. The Bertz CT molecular complexity index is 2160. The molecule has 0 aliphatic heterocycles. The molecule has 4 N–H and O–H groups in total. The van der Waals surface area contributed by atoms with Gasteiger partial charge in [0.2, 0.25) is 0 Å². The number of rotatable bonds is 62. The van der Waals surface area contributed by atoms with E-state index in [4.69, 9.17) is 32.3 Å².